The summed E-state index contributed by atoms with van der Waals surface area (Å²) in [4.78, 5) is 35.4. The maximum absolute atomic E-state index is 12.4. The molecule has 0 unspecified atom stereocenters. The number of ether oxygens (including phenoxy) is 1. The van der Waals surface area contributed by atoms with Crippen LogP contribution in [0, 0.1) is 6.92 Å². The molecule has 2 aromatic carbocycles. The molecule has 0 bridgehead atoms. The quantitative estimate of drug-likeness (QED) is 0.745. The molecule has 2 N–H and O–H groups in total. The largest absolute Gasteiger partial charge is 0.496 e. The van der Waals surface area contributed by atoms with Gasteiger partial charge in [-0.1, -0.05) is 11.6 Å². The number of anilines is 2. The molecule has 6 nitrogen and oxygen atoms in total. The summed E-state index contributed by atoms with van der Waals surface area (Å²) >= 11 is 0. The van der Waals surface area contributed by atoms with Gasteiger partial charge < -0.3 is 15.4 Å². The molecule has 0 aliphatic carbocycles. The van der Waals surface area contributed by atoms with Crippen molar-refractivity contribution in [1.82, 2.24) is 0 Å². The topological polar surface area (TPSA) is 84.5 Å². The first kappa shape index (κ1) is 19.2. The lowest BCUT2D eigenvalue weighted by molar-refractivity contribution is -0.116. The third kappa shape index (κ3) is 5.44. The maximum Gasteiger partial charge on any atom is 0.224 e. The molecule has 0 aliphatic rings. The van der Waals surface area contributed by atoms with E-state index in [1.807, 2.05) is 13.0 Å². The first-order chi connectivity index (χ1) is 12.4. The molecule has 6 heteroatoms. The van der Waals surface area contributed by atoms with Crippen LogP contribution >= 0.6 is 0 Å². The average Bonchev–Trinajstić information content (AvgIpc) is 2.61. The van der Waals surface area contributed by atoms with Gasteiger partial charge >= 0.3 is 0 Å². The number of hydrogen-bond donors (Lipinski definition) is 2. The lowest BCUT2D eigenvalue weighted by atomic mass is 10.0. The van der Waals surface area contributed by atoms with Crippen molar-refractivity contribution in [2.24, 2.45) is 0 Å². The predicted octanol–water partition coefficient (Wildman–Crippen LogP) is 3.56. The summed E-state index contributed by atoms with van der Waals surface area (Å²) in [6, 6.07) is 12.1. The fourth-order valence-corrected chi connectivity index (χ4v) is 2.47. The second-order valence-electron chi connectivity index (χ2n) is 5.93. The van der Waals surface area contributed by atoms with E-state index in [1.54, 1.807) is 36.4 Å². The van der Waals surface area contributed by atoms with Crippen molar-refractivity contribution in [3.8, 4) is 5.75 Å². The highest BCUT2D eigenvalue weighted by Gasteiger charge is 2.14. The van der Waals surface area contributed by atoms with Crippen molar-refractivity contribution in [1.29, 1.82) is 0 Å². The van der Waals surface area contributed by atoms with Crippen LogP contribution in [0.3, 0.4) is 0 Å². The number of Topliss-reactive ketones (excluding diaryl/α,β-unsaturated/α-hetero) is 1. The molecular formula is C20H22N2O4. The Kier molecular flexibility index (Phi) is 6.49. The molecule has 0 saturated heterocycles. The van der Waals surface area contributed by atoms with Gasteiger partial charge in [-0.2, -0.15) is 0 Å². The Morgan fingerprint density at radius 3 is 2.12 bits per heavy atom. The van der Waals surface area contributed by atoms with Crippen LogP contribution in [0.4, 0.5) is 11.4 Å². The lowest BCUT2D eigenvalue weighted by Gasteiger charge is -2.09. The van der Waals surface area contributed by atoms with Crippen molar-refractivity contribution in [2.75, 3.05) is 17.7 Å². The Bertz CT molecular complexity index is 813. The first-order valence-corrected chi connectivity index (χ1v) is 8.24. The Hall–Kier alpha value is -3.15. The van der Waals surface area contributed by atoms with Gasteiger partial charge in [0.1, 0.15) is 5.75 Å². The zero-order valence-corrected chi connectivity index (χ0v) is 15.1. The average molecular weight is 354 g/mol. The van der Waals surface area contributed by atoms with Gasteiger partial charge in [0.2, 0.25) is 11.8 Å². The summed E-state index contributed by atoms with van der Waals surface area (Å²) in [7, 11) is 1.51. The molecule has 0 saturated carbocycles. The van der Waals surface area contributed by atoms with Gasteiger partial charge in [-0.05, 0) is 43.3 Å². The van der Waals surface area contributed by atoms with Crippen LogP contribution in [-0.2, 0) is 9.59 Å². The molecular weight excluding hydrogens is 332 g/mol. The zero-order chi connectivity index (χ0) is 19.1. The summed E-state index contributed by atoms with van der Waals surface area (Å²) in [6.45, 7) is 3.32. The molecule has 0 spiro atoms. The molecule has 2 rings (SSSR count). The minimum Gasteiger partial charge on any atom is -0.496 e. The van der Waals surface area contributed by atoms with Crippen LogP contribution in [0.5, 0.6) is 5.75 Å². The summed E-state index contributed by atoms with van der Waals surface area (Å²) in [5.74, 6) is -0.0413. The Morgan fingerprint density at radius 1 is 0.923 bits per heavy atom. The smallest absolute Gasteiger partial charge is 0.224 e. The second kappa shape index (κ2) is 8.80. The van der Waals surface area contributed by atoms with E-state index < -0.39 is 0 Å². The minimum absolute atomic E-state index is 0.0728. The van der Waals surface area contributed by atoms with Crippen LogP contribution in [0.25, 0.3) is 0 Å². The van der Waals surface area contributed by atoms with Gasteiger partial charge in [0, 0.05) is 31.1 Å². The van der Waals surface area contributed by atoms with Crippen molar-refractivity contribution >= 4 is 29.0 Å². The van der Waals surface area contributed by atoms with Gasteiger partial charge in [0.25, 0.3) is 0 Å². The maximum atomic E-state index is 12.4. The highest BCUT2D eigenvalue weighted by Crippen LogP contribution is 2.22. The van der Waals surface area contributed by atoms with Crippen LogP contribution < -0.4 is 15.4 Å². The van der Waals surface area contributed by atoms with Gasteiger partial charge in [-0.3, -0.25) is 14.4 Å². The van der Waals surface area contributed by atoms with E-state index in [2.05, 4.69) is 10.6 Å². The fourth-order valence-electron chi connectivity index (χ4n) is 2.47. The summed E-state index contributed by atoms with van der Waals surface area (Å²) < 4.78 is 5.21. The Labute approximate surface area is 152 Å². The monoisotopic (exact) mass is 354 g/mol. The third-order valence-corrected chi connectivity index (χ3v) is 3.72. The lowest BCUT2D eigenvalue weighted by Crippen LogP contribution is -2.14. The molecule has 26 heavy (non-hydrogen) atoms. The van der Waals surface area contributed by atoms with Gasteiger partial charge in [-0.25, -0.2) is 0 Å². The highest BCUT2D eigenvalue weighted by atomic mass is 16.5. The van der Waals surface area contributed by atoms with Crippen molar-refractivity contribution in [2.45, 2.75) is 26.7 Å². The van der Waals surface area contributed by atoms with Crippen LogP contribution in [0.1, 0.15) is 35.7 Å². The first-order valence-electron chi connectivity index (χ1n) is 8.24. The van der Waals surface area contributed by atoms with E-state index in [0.29, 0.717) is 22.7 Å². The van der Waals surface area contributed by atoms with Crippen molar-refractivity contribution < 1.29 is 19.1 Å². The van der Waals surface area contributed by atoms with Crippen molar-refractivity contribution in [3.63, 3.8) is 0 Å². The van der Waals surface area contributed by atoms with Crippen LogP contribution in [-0.4, -0.2) is 24.7 Å². The number of aryl methyl sites for hydroxylation is 1. The van der Waals surface area contributed by atoms with E-state index in [-0.39, 0.29) is 30.4 Å². The van der Waals surface area contributed by atoms with E-state index in [9.17, 15) is 14.4 Å². The van der Waals surface area contributed by atoms with E-state index in [1.165, 1.54) is 14.0 Å². The molecule has 0 aromatic heterocycles. The molecule has 2 amide bonds. The van der Waals surface area contributed by atoms with Gasteiger partial charge in [0.15, 0.2) is 5.78 Å². The predicted molar refractivity (Wildman–Crippen MR) is 101 cm³/mol. The third-order valence-electron chi connectivity index (χ3n) is 3.72. The van der Waals surface area contributed by atoms with Crippen LogP contribution in [0.2, 0.25) is 0 Å². The number of carbonyl (C=O) groups is 3. The molecule has 0 atom stereocenters. The molecule has 136 valence electrons. The molecule has 0 radical (unpaired) electrons. The normalized spacial score (nSPS) is 10.1. The number of rotatable bonds is 7. The molecule has 2 aromatic rings. The number of carbonyl (C=O) groups excluding carboxylic acids is 3. The highest BCUT2D eigenvalue weighted by molar-refractivity contribution is 6.02. The van der Waals surface area contributed by atoms with Gasteiger partial charge in [0.05, 0.1) is 12.7 Å². The second-order valence-corrected chi connectivity index (χ2v) is 5.93. The van der Waals surface area contributed by atoms with Crippen molar-refractivity contribution in [3.05, 3.63) is 53.6 Å². The number of methoxy groups -OCH3 is 1. The summed E-state index contributed by atoms with van der Waals surface area (Å²) in [6.07, 6.45) is 0.166. The summed E-state index contributed by atoms with van der Waals surface area (Å²) in [5, 5.41) is 5.38. The standard InChI is InChI=1S/C20H22N2O4/c1-13-4-10-19(26-3)17(12-13)18(24)9-11-20(25)22-16-7-5-15(6-8-16)21-14(2)23/h4-8,10,12H,9,11H2,1-3H3,(H,21,23)(H,22,25). The van der Waals surface area contributed by atoms with E-state index >= 15 is 0 Å². The van der Waals surface area contributed by atoms with E-state index in [0.717, 1.165) is 5.56 Å². The number of benzene rings is 2. The fraction of sp³-hybridized carbons (Fsp3) is 0.250. The molecule has 0 fully saturated rings. The zero-order valence-electron chi connectivity index (χ0n) is 15.1. The Morgan fingerprint density at radius 2 is 1.54 bits per heavy atom. The van der Waals surface area contributed by atoms with Gasteiger partial charge in [-0.15, -0.1) is 0 Å². The summed E-state index contributed by atoms with van der Waals surface area (Å²) in [5.41, 5.74) is 2.69. The number of ketones is 1. The SMILES string of the molecule is COc1ccc(C)cc1C(=O)CCC(=O)Nc1ccc(NC(C)=O)cc1. The number of amides is 2. The van der Waals surface area contributed by atoms with E-state index in [4.69, 9.17) is 4.74 Å². The minimum atomic E-state index is -0.253. The number of hydrogen-bond acceptors (Lipinski definition) is 4. The Balaban J connectivity index is 1.91. The molecule has 0 aliphatic heterocycles. The van der Waals surface area contributed by atoms with Crippen LogP contribution in [0.15, 0.2) is 42.5 Å². The number of nitrogens with one attached hydrogen (secondary N) is 2. The molecule has 0 heterocycles.